The summed E-state index contributed by atoms with van der Waals surface area (Å²) in [5, 5.41) is 0. The minimum atomic E-state index is -0.362. The van der Waals surface area contributed by atoms with E-state index in [-0.39, 0.29) is 11.6 Å². The zero-order valence-electron chi connectivity index (χ0n) is 11.6. The van der Waals surface area contributed by atoms with E-state index in [4.69, 9.17) is 9.47 Å². The Bertz CT molecular complexity index is 558. The van der Waals surface area contributed by atoms with Crippen LogP contribution in [-0.4, -0.2) is 12.9 Å². The summed E-state index contributed by atoms with van der Waals surface area (Å²) in [6.45, 7) is 2.65. The first-order valence-corrected chi connectivity index (χ1v) is 7.64. The maximum atomic E-state index is 14.3. The van der Waals surface area contributed by atoms with Gasteiger partial charge in [0.25, 0.3) is 0 Å². The quantitative estimate of drug-likeness (QED) is 0.729. The van der Waals surface area contributed by atoms with Crippen molar-refractivity contribution in [1.29, 1.82) is 0 Å². The second-order valence-corrected chi connectivity index (χ2v) is 4.96. The molecule has 0 N–H and O–H groups in total. The highest BCUT2D eigenvalue weighted by Gasteiger charge is 2.15. The summed E-state index contributed by atoms with van der Waals surface area (Å²) in [5.41, 5.74) is 0.990. The molecule has 0 atom stereocenters. The van der Waals surface area contributed by atoms with Crippen LogP contribution in [0, 0.1) is 5.82 Å². The van der Waals surface area contributed by atoms with Crippen molar-refractivity contribution in [2.24, 2.45) is 0 Å². The van der Waals surface area contributed by atoms with E-state index in [1.807, 2.05) is 43.5 Å². The molecule has 2 rings (SSSR count). The topological polar surface area (TPSA) is 18.5 Å². The van der Waals surface area contributed by atoms with E-state index in [0.29, 0.717) is 23.9 Å². The molecular weight excluding hydrogens is 275 g/mol. The first-order chi connectivity index (χ1) is 9.76. The molecule has 0 unspecified atom stereocenters. The zero-order valence-corrected chi connectivity index (χ0v) is 12.4. The highest BCUT2D eigenvalue weighted by molar-refractivity contribution is 7.98. The van der Waals surface area contributed by atoms with Crippen molar-refractivity contribution in [3.05, 3.63) is 53.8 Å². The van der Waals surface area contributed by atoms with Crippen molar-refractivity contribution < 1.29 is 13.9 Å². The number of rotatable bonds is 6. The average molecular weight is 292 g/mol. The summed E-state index contributed by atoms with van der Waals surface area (Å²) in [7, 11) is 0. The zero-order chi connectivity index (χ0) is 14.4. The van der Waals surface area contributed by atoms with Crippen LogP contribution < -0.4 is 9.47 Å². The van der Waals surface area contributed by atoms with Crippen molar-refractivity contribution in [3.8, 4) is 11.5 Å². The molecule has 0 saturated heterocycles. The molecule has 0 saturated carbocycles. The van der Waals surface area contributed by atoms with Crippen LogP contribution in [0.3, 0.4) is 0 Å². The van der Waals surface area contributed by atoms with Crippen LogP contribution in [0.1, 0.15) is 12.5 Å². The lowest BCUT2D eigenvalue weighted by molar-refractivity contribution is 0.254. The van der Waals surface area contributed by atoms with Gasteiger partial charge in [-0.2, -0.15) is 0 Å². The third-order valence-electron chi connectivity index (χ3n) is 2.77. The second-order valence-electron chi connectivity index (χ2n) is 4.12. The minimum absolute atomic E-state index is 0.183. The molecule has 0 aliphatic rings. The fraction of sp³-hybridized carbons (Fsp3) is 0.250. The molecule has 2 nitrogen and oxygen atoms in total. The van der Waals surface area contributed by atoms with Gasteiger partial charge in [0.15, 0.2) is 17.3 Å². The van der Waals surface area contributed by atoms with Crippen molar-refractivity contribution in [2.75, 3.05) is 12.9 Å². The molecule has 2 aromatic rings. The Kier molecular flexibility index (Phi) is 5.30. The first kappa shape index (κ1) is 14.7. The summed E-state index contributed by atoms with van der Waals surface area (Å²) in [4.78, 5) is 0.552. The van der Waals surface area contributed by atoms with Gasteiger partial charge in [0.1, 0.15) is 6.61 Å². The summed E-state index contributed by atoms with van der Waals surface area (Å²) >= 11 is 1.35. The van der Waals surface area contributed by atoms with E-state index in [2.05, 4.69) is 0 Å². The standard InChI is InChI=1S/C16H17FO2S/c1-3-18-13-9-10-14(20-2)15(17)16(13)19-11-12-7-5-4-6-8-12/h4-10H,3,11H2,1-2H3. The van der Waals surface area contributed by atoms with Gasteiger partial charge in [-0.05, 0) is 30.9 Å². The summed E-state index contributed by atoms with van der Waals surface area (Å²) in [6.07, 6.45) is 1.83. The molecule has 106 valence electrons. The fourth-order valence-electron chi connectivity index (χ4n) is 1.81. The normalized spacial score (nSPS) is 10.3. The smallest absolute Gasteiger partial charge is 0.198 e. The number of benzene rings is 2. The van der Waals surface area contributed by atoms with Crippen molar-refractivity contribution >= 4 is 11.8 Å². The Hall–Kier alpha value is -1.68. The number of hydrogen-bond donors (Lipinski definition) is 0. The molecule has 0 heterocycles. The third-order valence-corrected chi connectivity index (χ3v) is 3.53. The van der Waals surface area contributed by atoms with Gasteiger partial charge in [-0.3, -0.25) is 0 Å². The van der Waals surface area contributed by atoms with Gasteiger partial charge in [0.05, 0.1) is 6.61 Å². The van der Waals surface area contributed by atoms with Gasteiger partial charge >= 0.3 is 0 Å². The van der Waals surface area contributed by atoms with Crippen LogP contribution in [0.5, 0.6) is 11.5 Å². The fourth-order valence-corrected chi connectivity index (χ4v) is 2.29. The molecule has 0 bridgehead atoms. The van der Waals surface area contributed by atoms with Gasteiger partial charge in [0, 0.05) is 4.90 Å². The Morgan fingerprint density at radius 3 is 2.45 bits per heavy atom. The molecule has 0 fully saturated rings. The van der Waals surface area contributed by atoms with Crippen molar-refractivity contribution in [2.45, 2.75) is 18.4 Å². The predicted octanol–water partition coefficient (Wildman–Crippen LogP) is 4.53. The third kappa shape index (κ3) is 3.45. The molecule has 0 amide bonds. The average Bonchev–Trinajstić information content (AvgIpc) is 2.48. The maximum absolute atomic E-state index is 14.3. The molecule has 0 aromatic heterocycles. The van der Waals surface area contributed by atoms with E-state index >= 15 is 0 Å². The Labute approximate surface area is 122 Å². The summed E-state index contributed by atoms with van der Waals surface area (Å²) in [6, 6.07) is 13.1. The van der Waals surface area contributed by atoms with Gasteiger partial charge < -0.3 is 9.47 Å². The molecule has 0 aliphatic heterocycles. The number of hydrogen-bond acceptors (Lipinski definition) is 3. The Balaban J connectivity index is 2.23. The molecule has 4 heteroatoms. The molecule has 0 radical (unpaired) electrons. The second kappa shape index (κ2) is 7.20. The largest absolute Gasteiger partial charge is 0.490 e. The highest BCUT2D eigenvalue weighted by atomic mass is 32.2. The van der Waals surface area contributed by atoms with Crippen LogP contribution in [0.2, 0.25) is 0 Å². The number of thioether (sulfide) groups is 1. The van der Waals surface area contributed by atoms with Crippen LogP contribution in [0.15, 0.2) is 47.4 Å². The number of ether oxygens (including phenoxy) is 2. The number of halogens is 1. The van der Waals surface area contributed by atoms with Gasteiger partial charge in [-0.1, -0.05) is 30.3 Å². The van der Waals surface area contributed by atoms with Crippen molar-refractivity contribution in [1.82, 2.24) is 0 Å². The first-order valence-electron chi connectivity index (χ1n) is 6.42. The van der Waals surface area contributed by atoms with Crippen LogP contribution in [-0.2, 0) is 6.61 Å². The lowest BCUT2D eigenvalue weighted by Gasteiger charge is -2.14. The molecule has 2 aromatic carbocycles. The van der Waals surface area contributed by atoms with E-state index in [9.17, 15) is 4.39 Å². The van der Waals surface area contributed by atoms with Crippen LogP contribution >= 0.6 is 11.8 Å². The Morgan fingerprint density at radius 1 is 1.05 bits per heavy atom. The molecule has 0 spiro atoms. The van der Waals surface area contributed by atoms with E-state index < -0.39 is 0 Å². The predicted molar refractivity (Wildman–Crippen MR) is 80.1 cm³/mol. The monoisotopic (exact) mass is 292 g/mol. The van der Waals surface area contributed by atoms with Gasteiger partial charge in [-0.25, -0.2) is 4.39 Å². The van der Waals surface area contributed by atoms with Gasteiger partial charge in [0.2, 0.25) is 0 Å². The Morgan fingerprint density at radius 2 is 1.80 bits per heavy atom. The summed E-state index contributed by atoms with van der Waals surface area (Å²) < 4.78 is 25.4. The summed E-state index contributed by atoms with van der Waals surface area (Å²) in [5.74, 6) is 0.265. The van der Waals surface area contributed by atoms with E-state index in [0.717, 1.165) is 5.56 Å². The minimum Gasteiger partial charge on any atom is -0.490 e. The maximum Gasteiger partial charge on any atom is 0.198 e. The molecular formula is C16H17FO2S. The van der Waals surface area contributed by atoms with Gasteiger partial charge in [-0.15, -0.1) is 11.8 Å². The van der Waals surface area contributed by atoms with Crippen LogP contribution in [0.4, 0.5) is 4.39 Å². The van der Waals surface area contributed by atoms with E-state index in [1.165, 1.54) is 11.8 Å². The van der Waals surface area contributed by atoms with E-state index in [1.54, 1.807) is 12.1 Å². The lowest BCUT2D eigenvalue weighted by Crippen LogP contribution is -2.02. The molecule has 0 aliphatic carbocycles. The highest BCUT2D eigenvalue weighted by Crippen LogP contribution is 2.36. The lowest BCUT2D eigenvalue weighted by atomic mass is 10.2. The molecule has 20 heavy (non-hydrogen) atoms. The van der Waals surface area contributed by atoms with Crippen molar-refractivity contribution in [3.63, 3.8) is 0 Å². The van der Waals surface area contributed by atoms with Crippen LogP contribution in [0.25, 0.3) is 0 Å². The SMILES string of the molecule is CCOc1ccc(SC)c(F)c1OCc1ccccc1.